The number of alkyl halides is 3. The highest BCUT2D eigenvalue weighted by atomic mass is 19.4. The first-order valence-corrected chi connectivity index (χ1v) is 5.86. The van der Waals surface area contributed by atoms with Crippen LogP contribution in [0.1, 0.15) is 20.8 Å². The highest BCUT2D eigenvalue weighted by Crippen LogP contribution is 2.18. The topological polar surface area (TPSA) is 41.6 Å². The second-order valence-corrected chi connectivity index (χ2v) is 4.23. The van der Waals surface area contributed by atoms with Crippen molar-refractivity contribution in [3.8, 4) is 0 Å². The highest BCUT2D eigenvalue weighted by Gasteiger charge is 2.33. The zero-order valence-electron chi connectivity index (χ0n) is 11.2. The van der Waals surface area contributed by atoms with Crippen molar-refractivity contribution in [1.82, 2.24) is 10.2 Å². The number of carbonyl (C=O) groups is 1. The van der Waals surface area contributed by atoms with E-state index in [9.17, 15) is 18.0 Å². The second kappa shape index (κ2) is 7.58. The Morgan fingerprint density at radius 3 is 2.28 bits per heavy atom. The molecule has 0 bridgehead atoms. The Morgan fingerprint density at radius 2 is 1.94 bits per heavy atom. The van der Waals surface area contributed by atoms with Gasteiger partial charge in [-0.1, -0.05) is 0 Å². The SMILES string of the molecule is CCOC(=O)C(CN(CC(F)(F)F)C(C)C)NC. The van der Waals surface area contributed by atoms with Crippen LogP contribution in [0.5, 0.6) is 0 Å². The van der Waals surface area contributed by atoms with E-state index in [2.05, 4.69) is 5.32 Å². The van der Waals surface area contributed by atoms with Crippen LogP contribution in [0.15, 0.2) is 0 Å². The molecule has 0 aromatic carbocycles. The van der Waals surface area contributed by atoms with Crippen LogP contribution in [0.4, 0.5) is 13.2 Å². The third-order valence-corrected chi connectivity index (χ3v) is 2.45. The molecule has 1 unspecified atom stereocenters. The van der Waals surface area contributed by atoms with Gasteiger partial charge in [-0.05, 0) is 27.8 Å². The van der Waals surface area contributed by atoms with Crippen molar-refractivity contribution in [3.05, 3.63) is 0 Å². The average Bonchev–Trinajstić information content (AvgIpc) is 2.22. The van der Waals surface area contributed by atoms with E-state index in [0.29, 0.717) is 0 Å². The van der Waals surface area contributed by atoms with Crippen molar-refractivity contribution < 1.29 is 22.7 Å². The van der Waals surface area contributed by atoms with Crippen molar-refractivity contribution in [3.63, 3.8) is 0 Å². The molecule has 0 radical (unpaired) electrons. The summed E-state index contributed by atoms with van der Waals surface area (Å²) >= 11 is 0. The first kappa shape index (κ1) is 17.2. The molecule has 0 fully saturated rings. The van der Waals surface area contributed by atoms with Crippen molar-refractivity contribution in [1.29, 1.82) is 0 Å². The van der Waals surface area contributed by atoms with Crippen LogP contribution in [0.3, 0.4) is 0 Å². The number of nitrogens with one attached hydrogen (secondary N) is 1. The summed E-state index contributed by atoms with van der Waals surface area (Å²) in [5, 5.41) is 2.67. The summed E-state index contributed by atoms with van der Waals surface area (Å²) in [5.74, 6) is -0.534. The Morgan fingerprint density at radius 1 is 1.39 bits per heavy atom. The molecule has 0 amide bonds. The Balaban J connectivity index is 4.59. The summed E-state index contributed by atoms with van der Waals surface area (Å²) in [7, 11) is 1.52. The van der Waals surface area contributed by atoms with E-state index < -0.39 is 24.7 Å². The maximum Gasteiger partial charge on any atom is 0.401 e. The highest BCUT2D eigenvalue weighted by molar-refractivity contribution is 5.76. The predicted octanol–water partition coefficient (Wildman–Crippen LogP) is 1.41. The number of esters is 1. The fraction of sp³-hybridized carbons (Fsp3) is 0.909. The van der Waals surface area contributed by atoms with E-state index in [1.54, 1.807) is 20.8 Å². The maximum absolute atomic E-state index is 12.4. The lowest BCUT2D eigenvalue weighted by Gasteiger charge is -2.30. The molecular formula is C11H21F3N2O2. The van der Waals surface area contributed by atoms with E-state index in [1.165, 1.54) is 11.9 Å². The number of nitrogens with zero attached hydrogens (tertiary/aromatic N) is 1. The molecule has 0 aliphatic carbocycles. The minimum Gasteiger partial charge on any atom is -0.465 e. The Kier molecular flexibility index (Phi) is 7.23. The molecule has 0 saturated heterocycles. The predicted molar refractivity (Wildman–Crippen MR) is 62.2 cm³/mol. The quantitative estimate of drug-likeness (QED) is 0.710. The third kappa shape index (κ3) is 6.80. The Labute approximate surface area is 105 Å². The molecule has 0 aromatic rings. The average molecular weight is 270 g/mol. The normalized spacial score (nSPS) is 14.1. The molecule has 18 heavy (non-hydrogen) atoms. The van der Waals surface area contributed by atoms with Gasteiger partial charge in [0, 0.05) is 12.6 Å². The third-order valence-electron chi connectivity index (χ3n) is 2.45. The zero-order valence-corrected chi connectivity index (χ0v) is 11.2. The smallest absolute Gasteiger partial charge is 0.401 e. The minimum atomic E-state index is -4.28. The van der Waals surface area contributed by atoms with Crippen molar-refractivity contribution >= 4 is 5.97 Å². The van der Waals surface area contributed by atoms with Gasteiger partial charge in [0.05, 0.1) is 13.2 Å². The van der Waals surface area contributed by atoms with E-state index in [1.807, 2.05) is 0 Å². The zero-order chi connectivity index (χ0) is 14.3. The fourth-order valence-corrected chi connectivity index (χ4v) is 1.45. The van der Waals surface area contributed by atoms with Gasteiger partial charge in [0.15, 0.2) is 0 Å². The molecule has 0 aliphatic rings. The lowest BCUT2D eigenvalue weighted by atomic mass is 10.2. The summed E-state index contributed by atoms with van der Waals surface area (Å²) in [6.07, 6.45) is -4.28. The summed E-state index contributed by atoms with van der Waals surface area (Å²) < 4.78 is 42.0. The molecular weight excluding hydrogens is 249 g/mol. The first-order valence-electron chi connectivity index (χ1n) is 5.86. The summed E-state index contributed by atoms with van der Waals surface area (Å²) in [5.41, 5.74) is 0. The molecule has 108 valence electrons. The van der Waals surface area contributed by atoms with Crippen LogP contribution in [0.2, 0.25) is 0 Å². The van der Waals surface area contributed by atoms with Crippen LogP contribution < -0.4 is 5.32 Å². The molecule has 0 spiro atoms. The van der Waals surface area contributed by atoms with Crippen molar-refractivity contribution in [2.45, 2.75) is 39.0 Å². The Bertz CT molecular complexity index is 257. The van der Waals surface area contributed by atoms with Gasteiger partial charge in [-0.25, -0.2) is 0 Å². The van der Waals surface area contributed by atoms with E-state index in [4.69, 9.17) is 4.74 Å². The molecule has 1 atom stereocenters. The van der Waals surface area contributed by atoms with Gasteiger partial charge in [0.25, 0.3) is 0 Å². The number of hydrogen-bond donors (Lipinski definition) is 1. The first-order chi connectivity index (χ1) is 8.21. The van der Waals surface area contributed by atoms with Crippen LogP contribution in [0, 0.1) is 0 Å². The monoisotopic (exact) mass is 270 g/mol. The molecule has 0 aliphatic heterocycles. The molecule has 0 heterocycles. The number of carbonyl (C=O) groups excluding carboxylic acids is 1. The summed E-state index contributed by atoms with van der Waals surface area (Å²) in [4.78, 5) is 12.7. The van der Waals surface area contributed by atoms with Crippen LogP contribution in [-0.4, -0.2) is 55.9 Å². The van der Waals surface area contributed by atoms with E-state index in [0.717, 1.165) is 0 Å². The number of hydrogen-bond acceptors (Lipinski definition) is 4. The van der Waals surface area contributed by atoms with Gasteiger partial charge >= 0.3 is 12.1 Å². The van der Waals surface area contributed by atoms with Gasteiger partial charge in [-0.2, -0.15) is 13.2 Å². The van der Waals surface area contributed by atoms with Gasteiger partial charge in [-0.3, -0.25) is 9.69 Å². The number of rotatable bonds is 7. The Hall–Kier alpha value is -0.820. The lowest BCUT2D eigenvalue weighted by Crippen LogP contribution is -2.50. The molecule has 7 heteroatoms. The molecule has 0 aromatic heterocycles. The molecule has 1 N–H and O–H groups in total. The molecule has 4 nitrogen and oxygen atoms in total. The number of ether oxygens (including phenoxy) is 1. The fourth-order valence-electron chi connectivity index (χ4n) is 1.45. The van der Waals surface area contributed by atoms with Crippen LogP contribution >= 0.6 is 0 Å². The molecule has 0 rings (SSSR count). The van der Waals surface area contributed by atoms with Crippen LogP contribution in [-0.2, 0) is 9.53 Å². The maximum atomic E-state index is 12.4. The van der Waals surface area contributed by atoms with Gasteiger partial charge in [0.1, 0.15) is 6.04 Å². The van der Waals surface area contributed by atoms with Crippen molar-refractivity contribution in [2.24, 2.45) is 0 Å². The largest absolute Gasteiger partial charge is 0.465 e. The molecule has 0 saturated carbocycles. The van der Waals surface area contributed by atoms with E-state index in [-0.39, 0.29) is 19.2 Å². The van der Waals surface area contributed by atoms with Crippen molar-refractivity contribution in [2.75, 3.05) is 26.7 Å². The number of halogens is 3. The minimum absolute atomic E-state index is 0.0352. The lowest BCUT2D eigenvalue weighted by molar-refractivity contribution is -0.156. The second-order valence-electron chi connectivity index (χ2n) is 4.23. The standard InChI is InChI=1S/C11H21F3N2O2/c1-5-18-10(17)9(15-4)6-16(8(2)3)7-11(12,13)14/h8-9,15H,5-7H2,1-4H3. The van der Waals surface area contributed by atoms with Gasteiger partial charge in [-0.15, -0.1) is 0 Å². The van der Waals surface area contributed by atoms with Gasteiger partial charge < -0.3 is 10.1 Å². The van der Waals surface area contributed by atoms with E-state index >= 15 is 0 Å². The van der Waals surface area contributed by atoms with Crippen LogP contribution in [0.25, 0.3) is 0 Å². The summed E-state index contributed by atoms with van der Waals surface area (Å²) in [6.45, 7) is 4.10. The van der Waals surface area contributed by atoms with Gasteiger partial charge in [0.2, 0.25) is 0 Å². The number of likely N-dealkylation sites (N-methyl/N-ethyl adjacent to an activating group) is 1. The summed E-state index contributed by atoms with van der Waals surface area (Å²) in [6, 6.07) is -1.06.